The lowest BCUT2D eigenvalue weighted by molar-refractivity contribution is -0.274. The minimum absolute atomic E-state index is 0.260. The molecule has 0 radical (unpaired) electrons. The van der Waals surface area contributed by atoms with Crippen LogP contribution in [0.25, 0.3) is 11.1 Å². The van der Waals surface area contributed by atoms with E-state index in [4.69, 9.17) is 10.5 Å². The highest BCUT2D eigenvalue weighted by Crippen LogP contribution is 2.35. The molecule has 5 nitrogen and oxygen atoms in total. The van der Waals surface area contributed by atoms with Crippen LogP contribution in [0.1, 0.15) is 12.8 Å². The second-order valence-electron chi connectivity index (χ2n) is 6.11. The maximum atomic E-state index is 12.7. The monoisotopic (exact) mass is 391 g/mol. The van der Waals surface area contributed by atoms with Crippen LogP contribution < -0.4 is 15.5 Å². The molecule has 2 N–H and O–H groups in total. The van der Waals surface area contributed by atoms with Crippen molar-refractivity contribution in [1.82, 2.24) is 0 Å². The first-order valence-electron chi connectivity index (χ1n) is 8.64. The first kappa shape index (κ1) is 19.9. The topological polar surface area (TPSA) is 60.1 Å². The van der Waals surface area contributed by atoms with E-state index in [1.165, 1.54) is 19.2 Å². The van der Waals surface area contributed by atoms with Gasteiger partial charge < -0.3 is 15.2 Å². The summed E-state index contributed by atoms with van der Waals surface area (Å²) >= 11 is 0. The first-order valence-corrected chi connectivity index (χ1v) is 8.64. The summed E-state index contributed by atoms with van der Waals surface area (Å²) in [5, 5.41) is 6.17. The molecule has 0 fully saturated rings. The van der Waals surface area contributed by atoms with Gasteiger partial charge in [-0.3, -0.25) is 0 Å². The fraction of sp³-hybridized carbons (Fsp3) is 0.250. The number of rotatable bonds is 5. The molecule has 2 aromatic carbocycles. The zero-order chi connectivity index (χ0) is 20.1. The minimum Gasteiger partial charge on any atom is -0.405 e. The van der Waals surface area contributed by atoms with Gasteiger partial charge in [0.05, 0.1) is 11.4 Å². The molecule has 0 saturated heterocycles. The molecule has 0 aliphatic carbocycles. The Morgan fingerprint density at radius 1 is 1.14 bits per heavy atom. The molecular weight excluding hydrogens is 371 g/mol. The average molecular weight is 391 g/mol. The van der Waals surface area contributed by atoms with E-state index in [1.807, 2.05) is 12.1 Å². The van der Waals surface area contributed by atoms with Gasteiger partial charge >= 0.3 is 6.36 Å². The van der Waals surface area contributed by atoms with Gasteiger partial charge in [0.15, 0.2) is 0 Å². The Balaban J connectivity index is 1.97. The number of hydrogen-bond donors (Lipinski definition) is 1. The molecule has 0 aromatic heterocycles. The van der Waals surface area contributed by atoms with Crippen molar-refractivity contribution in [2.45, 2.75) is 25.4 Å². The number of nitrogens with two attached hydrogens (primary N) is 1. The Kier molecular flexibility index (Phi) is 6.01. The number of halogens is 3. The van der Waals surface area contributed by atoms with Crippen LogP contribution in [0.15, 0.2) is 65.9 Å². The van der Waals surface area contributed by atoms with Crippen LogP contribution in [0.4, 0.5) is 18.9 Å². The number of allylic oxidation sites excluding steroid dienone is 1. The van der Waals surface area contributed by atoms with Crippen molar-refractivity contribution in [3.05, 3.63) is 60.8 Å². The van der Waals surface area contributed by atoms with Crippen molar-refractivity contribution in [3.8, 4) is 16.9 Å². The van der Waals surface area contributed by atoms with Crippen molar-refractivity contribution in [3.63, 3.8) is 0 Å². The van der Waals surface area contributed by atoms with Crippen molar-refractivity contribution in [1.29, 1.82) is 0 Å². The molecule has 8 heteroatoms. The number of nitrogens with zero attached hydrogens (tertiary/aromatic N) is 2. The van der Waals surface area contributed by atoms with Gasteiger partial charge in [0, 0.05) is 18.9 Å². The molecule has 0 spiro atoms. The third-order valence-electron chi connectivity index (χ3n) is 4.17. The van der Waals surface area contributed by atoms with Crippen molar-refractivity contribution < 1.29 is 22.6 Å². The lowest BCUT2D eigenvalue weighted by Crippen LogP contribution is -2.33. The summed E-state index contributed by atoms with van der Waals surface area (Å²) in [5.74, 6) is -0.260. The second kappa shape index (κ2) is 8.45. The number of anilines is 1. The van der Waals surface area contributed by atoms with Gasteiger partial charge in [-0.2, -0.15) is 5.10 Å². The molecule has 0 bridgehead atoms. The summed E-state index contributed by atoms with van der Waals surface area (Å²) in [6, 6.07) is 13.0. The zero-order valence-electron chi connectivity index (χ0n) is 15.2. The SMILES string of the molecule is COC(N)C1=NN(c2cccc(-c3ccccc3OC(F)(F)F)c2)C=CCC1. The number of methoxy groups -OCH3 is 1. The van der Waals surface area contributed by atoms with E-state index in [2.05, 4.69) is 9.84 Å². The summed E-state index contributed by atoms with van der Waals surface area (Å²) in [6.07, 6.45) is -0.222. The molecule has 1 atom stereocenters. The summed E-state index contributed by atoms with van der Waals surface area (Å²) in [4.78, 5) is 0. The lowest BCUT2D eigenvalue weighted by Gasteiger charge is -2.19. The van der Waals surface area contributed by atoms with Crippen LogP contribution in [0.5, 0.6) is 5.75 Å². The Morgan fingerprint density at radius 3 is 2.68 bits per heavy atom. The smallest absolute Gasteiger partial charge is 0.405 e. The van der Waals surface area contributed by atoms with Crippen LogP contribution in [0.3, 0.4) is 0 Å². The fourth-order valence-corrected chi connectivity index (χ4v) is 2.84. The Bertz CT molecular complexity index is 881. The van der Waals surface area contributed by atoms with E-state index >= 15 is 0 Å². The van der Waals surface area contributed by atoms with Crippen molar-refractivity contribution in [2.75, 3.05) is 12.1 Å². The van der Waals surface area contributed by atoms with Crippen molar-refractivity contribution >= 4 is 11.4 Å². The standard InChI is InChI=1S/C20H20F3N3O2/c1-27-19(24)17-10-4-5-12-26(25-17)15-8-6-7-14(13-15)16-9-2-3-11-18(16)28-20(21,22)23/h2-3,5-9,11-13,19H,4,10,24H2,1H3. The highest BCUT2D eigenvalue weighted by atomic mass is 19.4. The molecule has 0 saturated carbocycles. The molecule has 2 aromatic rings. The molecule has 1 aliphatic rings. The highest BCUT2D eigenvalue weighted by molar-refractivity contribution is 5.89. The second-order valence-corrected chi connectivity index (χ2v) is 6.11. The molecule has 3 rings (SSSR count). The van der Waals surface area contributed by atoms with E-state index in [9.17, 15) is 13.2 Å². The van der Waals surface area contributed by atoms with Crippen LogP contribution in [-0.2, 0) is 4.74 Å². The van der Waals surface area contributed by atoms with Gasteiger partial charge in [0.25, 0.3) is 0 Å². The fourth-order valence-electron chi connectivity index (χ4n) is 2.84. The van der Waals surface area contributed by atoms with Crippen molar-refractivity contribution in [2.24, 2.45) is 10.8 Å². The molecular formula is C20H20F3N3O2. The first-order chi connectivity index (χ1) is 13.4. The number of hydrazone groups is 1. The normalized spacial score (nSPS) is 15.8. The van der Waals surface area contributed by atoms with Crippen LogP contribution in [0, 0.1) is 0 Å². The number of benzene rings is 2. The van der Waals surface area contributed by atoms with E-state index < -0.39 is 12.6 Å². The molecule has 0 amide bonds. The van der Waals surface area contributed by atoms with Gasteiger partial charge in [-0.1, -0.05) is 36.4 Å². The molecule has 1 heterocycles. The Morgan fingerprint density at radius 2 is 1.93 bits per heavy atom. The number of para-hydroxylation sites is 1. The number of hydrogen-bond acceptors (Lipinski definition) is 5. The predicted molar refractivity (Wildman–Crippen MR) is 102 cm³/mol. The van der Waals surface area contributed by atoms with E-state index in [1.54, 1.807) is 41.5 Å². The van der Waals surface area contributed by atoms with E-state index in [0.717, 1.165) is 6.42 Å². The summed E-state index contributed by atoms with van der Waals surface area (Å²) in [7, 11) is 1.51. The Labute approximate surface area is 160 Å². The maximum Gasteiger partial charge on any atom is 0.573 e. The quantitative estimate of drug-likeness (QED) is 0.754. The van der Waals surface area contributed by atoms with E-state index in [0.29, 0.717) is 28.9 Å². The van der Waals surface area contributed by atoms with Gasteiger partial charge in [0.2, 0.25) is 0 Å². The van der Waals surface area contributed by atoms with Crippen LogP contribution in [0.2, 0.25) is 0 Å². The molecule has 1 aliphatic heterocycles. The lowest BCUT2D eigenvalue weighted by atomic mass is 10.0. The minimum atomic E-state index is -4.77. The van der Waals surface area contributed by atoms with Crippen LogP contribution in [-0.4, -0.2) is 25.4 Å². The third-order valence-corrected chi connectivity index (χ3v) is 4.17. The van der Waals surface area contributed by atoms with Crippen LogP contribution >= 0.6 is 0 Å². The summed E-state index contributed by atoms with van der Waals surface area (Å²) < 4.78 is 47.5. The molecule has 1 unspecified atom stereocenters. The third kappa shape index (κ3) is 4.90. The number of ether oxygens (including phenoxy) is 2. The number of alkyl halides is 3. The Hall–Kier alpha value is -2.84. The molecule has 28 heavy (non-hydrogen) atoms. The van der Waals surface area contributed by atoms with Gasteiger partial charge in [-0.15, -0.1) is 13.2 Å². The molecule has 148 valence electrons. The van der Waals surface area contributed by atoms with Gasteiger partial charge in [-0.05, 0) is 36.6 Å². The predicted octanol–water partition coefficient (Wildman–Crippen LogP) is 4.65. The van der Waals surface area contributed by atoms with Gasteiger partial charge in [-0.25, -0.2) is 5.01 Å². The summed E-state index contributed by atoms with van der Waals surface area (Å²) in [6.45, 7) is 0. The van der Waals surface area contributed by atoms with Gasteiger partial charge in [0.1, 0.15) is 12.0 Å². The zero-order valence-corrected chi connectivity index (χ0v) is 15.2. The highest BCUT2D eigenvalue weighted by Gasteiger charge is 2.32. The van der Waals surface area contributed by atoms with E-state index in [-0.39, 0.29) is 5.75 Å². The largest absolute Gasteiger partial charge is 0.573 e. The summed E-state index contributed by atoms with van der Waals surface area (Å²) in [5.41, 5.74) is 8.19. The maximum absolute atomic E-state index is 12.7. The average Bonchev–Trinajstić information content (AvgIpc) is 2.93.